The number of nitrogens with one attached hydrogen (secondary N) is 2. The monoisotopic (exact) mass is 366 g/mol. The minimum Gasteiger partial charge on any atom is -0.365 e. The van der Waals surface area contributed by atoms with Crippen molar-refractivity contribution in [2.75, 3.05) is 5.32 Å². The van der Waals surface area contributed by atoms with Crippen molar-refractivity contribution in [3.8, 4) is 0 Å². The number of hydrogen-bond acceptors (Lipinski definition) is 4. The normalized spacial score (nSPS) is 20.1. The van der Waals surface area contributed by atoms with Crippen molar-refractivity contribution in [3.05, 3.63) is 54.0 Å². The Morgan fingerprint density at radius 1 is 1.07 bits per heavy atom. The van der Waals surface area contributed by atoms with Gasteiger partial charge < -0.3 is 10.6 Å². The highest BCUT2D eigenvalue weighted by Crippen LogP contribution is 2.37. The summed E-state index contributed by atoms with van der Waals surface area (Å²) < 4.78 is 0. The molecule has 0 unspecified atom stereocenters. The van der Waals surface area contributed by atoms with Crippen molar-refractivity contribution in [2.24, 2.45) is 11.3 Å². The van der Waals surface area contributed by atoms with Gasteiger partial charge in [0.25, 0.3) is 5.91 Å². The lowest BCUT2D eigenvalue weighted by molar-refractivity contribution is 0.0904. The highest BCUT2D eigenvalue weighted by atomic mass is 16.1. The van der Waals surface area contributed by atoms with Gasteiger partial charge in [0.15, 0.2) is 0 Å². The van der Waals surface area contributed by atoms with E-state index in [1.54, 1.807) is 18.6 Å². The highest BCUT2D eigenvalue weighted by Gasteiger charge is 2.30. The molecule has 2 aromatic heterocycles. The van der Waals surface area contributed by atoms with E-state index in [4.69, 9.17) is 0 Å². The van der Waals surface area contributed by atoms with Crippen molar-refractivity contribution in [1.82, 2.24) is 15.3 Å². The molecule has 3 rings (SSSR count). The summed E-state index contributed by atoms with van der Waals surface area (Å²) in [5, 5.41) is 6.49. The lowest BCUT2D eigenvalue weighted by Crippen LogP contribution is -2.39. The summed E-state index contributed by atoms with van der Waals surface area (Å²) in [5.41, 5.74) is 2.05. The van der Waals surface area contributed by atoms with Crippen LogP contribution in [0.3, 0.4) is 0 Å². The maximum absolute atomic E-state index is 12.8. The molecule has 144 valence electrons. The summed E-state index contributed by atoms with van der Waals surface area (Å²) in [6, 6.07) is 7.79. The van der Waals surface area contributed by atoms with Crippen LogP contribution < -0.4 is 10.6 Å². The molecule has 1 saturated carbocycles. The average Bonchev–Trinajstić information content (AvgIpc) is 2.67. The molecule has 2 aromatic rings. The van der Waals surface area contributed by atoms with Gasteiger partial charge in [0.1, 0.15) is 5.82 Å². The quantitative estimate of drug-likeness (QED) is 0.822. The second kappa shape index (κ2) is 8.51. The highest BCUT2D eigenvalue weighted by molar-refractivity contribution is 5.98. The fraction of sp³-hybridized carbons (Fsp3) is 0.500. The Balaban J connectivity index is 1.59. The fourth-order valence-electron chi connectivity index (χ4n) is 3.78. The van der Waals surface area contributed by atoms with Gasteiger partial charge in [-0.3, -0.25) is 9.78 Å². The smallest absolute Gasteiger partial charge is 0.255 e. The number of pyridine rings is 2. The number of anilines is 1. The molecule has 5 heteroatoms. The van der Waals surface area contributed by atoms with Gasteiger partial charge in [0.05, 0.1) is 5.56 Å². The summed E-state index contributed by atoms with van der Waals surface area (Å²) >= 11 is 0. The SMILES string of the molecule is CC(C)(C)C1CCC(NC(=O)c2cccnc2NCc2ccncc2)CC1. The first-order valence-electron chi connectivity index (χ1n) is 9.82. The van der Waals surface area contributed by atoms with E-state index < -0.39 is 0 Å². The van der Waals surface area contributed by atoms with Crippen LogP contribution in [0.5, 0.6) is 0 Å². The summed E-state index contributed by atoms with van der Waals surface area (Å²) in [4.78, 5) is 21.2. The zero-order chi connectivity index (χ0) is 19.3. The first-order chi connectivity index (χ1) is 12.9. The van der Waals surface area contributed by atoms with E-state index in [0.29, 0.717) is 23.3 Å². The lowest BCUT2D eigenvalue weighted by atomic mass is 9.71. The number of hydrogen-bond donors (Lipinski definition) is 2. The van der Waals surface area contributed by atoms with E-state index in [-0.39, 0.29) is 11.9 Å². The summed E-state index contributed by atoms with van der Waals surface area (Å²) in [7, 11) is 0. The number of carbonyl (C=O) groups excluding carboxylic acids is 1. The minimum atomic E-state index is -0.0421. The van der Waals surface area contributed by atoms with Crippen LogP contribution in [0.25, 0.3) is 0 Å². The van der Waals surface area contributed by atoms with E-state index >= 15 is 0 Å². The molecule has 27 heavy (non-hydrogen) atoms. The molecule has 0 spiro atoms. The Morgan fingerprint density at radius 3 is 2.44 bits per heavy atom. The van der Waals surface area contributed by atoms with Crippen molar-refractivity contribution in [2.45, 2.75) is 59.0 Å². The third kappa shape index (κ3) is 5.28. The van der Waals surface area contributed by atoms with Crippen molar-refractivity contribution < 1.29 is 4.79 Å². The topological polar surface area (TPSA) is 66.9 Å². The third-order valence-electron chi connectivity index (χ3n) is 5.55. The molecule has 5 nitrogen and oxygen atoms in total. The summed E-state index contributed by atoms with van der Waals surface area (Å²) in [5.74, 6) is 1.32. The van der Waals surface area contributed by atoms with Crippen LogP contribution in [0.2, 0.25) is 0 Å². The van der Waals surface area contributed by atoms with Crippen LogP contribution >= 0.6 is 0 Å². The van der Waals surface area contributed by atoms with Crippen LogP contribution in [-0.4, -0.2) is 21.9 Å². The number of carbonyl (C=O) groups is 1. The molecule has 1 aliphatic rings. The van der Waals surface area contributed by atoms with Gasteiger partial charge >= 0.3 is 0 Å². The largest absolute Gasteiger partial charge is 0.365 e. The summed E-state index contributed by atoms with van der Waals surface area (Å²) in [6.45, 7) is 7.55. The van der Waals surface area contributed by atoms with E-state index in [0.717, 1.165) is 24.3 Å². The number of amides is 1. The molecule has 2 heterocycles. The Bertz CT molecular complexity index is 746. The zero-order valence-electron chi connectivity index (χ0n) is 16.5. The predicted molar refractivity (Wildman–Crippen MR) is 108 cm³/mol. The van der Waals surface area contributed by atoms with E-state index in [9.17, 15) is 4.79 Å². The van der Waals surface area contributed by atoms with Crippen molar-refractivity contribution >= 4 is 11.7 Å². The minimum absolute atomic E-state index is 0.0421. The van der Waals surface area contributed by atoms with Crippen molar-refractivity contribution in [1.29, 1.82) is 0 Å². The molecule has 2 N–H and O–H groups in total. The van der Waals surface area contributed by atoms with Crippen LogP contribution in [0.4, 0.5) is 5.82 Å². The standard InChI is InChI=1S/C22H30N4O/c1-22(2,3)17-6-8-18(9-7-17)26-21(27)19-5-4-12-24-20(19)25-15-16-10-13-23-14-11-16/h4-5,10-14,17-18H,6-9,15H2,1-3H3,(H,24,25)(H,26,27). The molecule has 0 bridgehead atoms. The molecular weight excluding hydrogens is 336 g/mol. The van der Waals surface area contributed by atoms with Crippen LogP contribution in [0, 0.1) is 11.3 Å². The molecule has 1 aliphatic carbocycles. The van der Waals surface area contributed by atoms with Gasteiger partial charge in [-0.15, -0.1) is 0 Å². The van der Waals surface area contributed by atoms with E-state index in [2.05, 4.69) is 41.4 Å². The van der Waals surface area contributed by atoms with E-state index in [1.165, 1.54) is 12.8 Å². The fourth-order valence-corrected chi connectivity index (χ4v) is 3.78. The van der Waals surface area contributed by atoms with Gasteiger partial charge in [0, 0.05) is 31.2 Å². The summed E-state index contributed by atoms with van der Waals surface area (Å²) in [6.07, 6.45) is 9.68. The van der Waals surface area contributed by atoms with Gasteiger partial charge in [-0.05, 0) is 66.8 Å². The third-order valence-corrected chi connectivity index (χ3v) is 5.55. The van der Waals surface area contributed by atoms with Gasteiger partial charge in [0.2, 0.25) is 0 Å². The maximum atomic E-state index is 12.8. The first-order valence-corrected chi connectivity index (χ1v) is 9.82. The predicted octanol–water partition coefficient (Wildman–Crippen LogP) is 4.42. The Hall–Kier alpha value is -2.43. The lowest BCUT2D eigenvalue weighted by Gasteiger charge is -2.37. The van der Waals surface area contributed by atoms with Crippen LogP contribution in [0.1, 0.15) is 62.4 Å². The molecule has 0 saturated heterocycles. The van der Waals surface area contributed by atoms with E-state index in [1.807, 2.05) is 24.3 Å². The van der Waals surface area contributed by atoms with Gasteiger partial charge in [-0.1, -0.05) is 20.8 Å². The molecule has 0 radical (unpaired) electrons. The second-order valence-corrected chi connectivity index (χ2v) is 8.50. The zero-order valence-corrected chi connectivity index (χ0v) is 16.5. The van der Waals surface area contributed by atoms with Crippen LogP contribution in [0.15, 0.2) is 42.9 Å². The molecule has 0 aromatic carbocycles. The second-order valence-electron chi connectivity index (χ2n) is 8.50. The molecule has 0 aliphatic heterocycles. The number of nitrogens with zero attached hydrogens (tertiary/aromatic N) is 2. The first kappa shape index (κ1) is 19.3. The molecule has 1 amide bonds. The van der Waals surface area contributed by atoms with Gasteiger partial charge in [-0.2, -0.15) is 0 Å². The number of rotatable bonds is 5. The Kier molecular flexibility index (Phi) is 6.09. The molecular formula is C22H30N4O. The van der Waals surface area contributed by atoms with Crippen molar-refractivity contribution in [3.63, 3.8) is 0 Å². The Labute approximate surface area is 162 Å². The average molecular weight is 367 g/mol. The maximum Gasteiger partial charge on any atom is 0.255 e. The number of aromatic nitrogens is 2. The Morgan fingerprint density at radius 2 is 1.78 bits per heavy atom. The van der Waals surface area contributed by atoms with Gasteiger partial charge in [-0.25, -0.2) is 4.98 Å². The molecule has 1 fully saturated rings. The molecule has 0 atom stereocenters. The van der Waals surface area contributed by atoms with Crippen LogP contribution in [-0.2, 0) is 6.54 Å².